The number of rotatable bonds is 7. The topological polar surface area (TPSA) is 41.6 Å². The van der Waals surface area contributed by atoms with Crippen molar-refractivity contribution in [2.24, 2.45) is 0 Å². The van der Waals surface area contributed by atoms with Gasteiger partial charge in [0.15, 0.2) is 0 Å². The highest BCUT2D eigenvalue weighted by Crippen LogP contribution is 2.11. The minimum absolute atomic E-state index is 0.272. The van der Waals surface area contributed by atoms with E-state index in [2.05, 4.69) is 24.4 Å². The predicted molar refractivity (Wildman–Crippen MR) is 96.1 cm³/mol. The van der Waals surface area contributed by atoms with Crippen LogP contribution in [0.5, 0.6) is 0 Å². The van der Waals surface area contributed by atoms with Gasteiger partial charge in [-0.2, -0.15) is 0 Å². The van der Waals surface area contributed by atoms with Crippen molar-refractivity contribution in [2.45, 2.75) is 52.2 Å². The van der Waals surface area contributed by atoms with Crippen molar-refractivity contribution in [1.82, 2.24) is 10.2 Å². The molecule has 0 radical (unpaired) electrons. The van der Waals surface area contributed by atoms with Crippen LogP contribution in [0.3, 0.4) is 0 Å². The number of carbonyl (C=O) groups excluding carboxylic acids is 1. The maximum Gasteiger partial charge on any atom is 0.410 e. The number of ether oxygens (including phenoxy) is 1. The van der Waals surface area contributed by atoms with Gasteiger partial charge >= 0.3 is 6.09 Å². The molecule has 1 N–H and O–H groups in total. The molecule has 4 nitrogen and oxygen atoms in total. The molecule has 1 amide bonds. The summed E-state index contributed by atoms with van der Waals surface area (Å²) < 4.78 is 5.32. The Bertz CT molecular complexity index is 483. The molecule has 0 aliphatic rings. The Kier molecular flexibility index (Phi) is 7.86. The van der Waals surface area contributed by atoms with Crippen LogP contribution in [-0.4, -0.2) is 42.8 Å². The van der Waals surface area contributed by atoms with E-state index < -0.39 is 5.60 Å². The summed E-state index contributed by atoms with van der Waals surface area (Å²) in [5.74, 6) is 0. The van der Waals surface area contributed by atoms with E-state index >= 15 is 0 Å². The molecule has 5 heteroatoms. The van der Waals surface area contributed by atoms with Crippen molar-refractivity contribution in [3.8, 4) is 0 Å². The van der Waals surface area contributed by atoms with Gasteiger partial charge in [-0.05, 0) is 64.8 Å². The Labute approximate surface area is 145 Å². The zero-order chi connectivity index (χ0) is 17.5. The molecule has 0 saturated carbocycles. The lowest BCUT2D eigenvalue weighted by Crippen LogP contribution is -2.36. The molecule has 0 saturated heterocycles. The van der Waals surface area contributed by atoms with Crippen LogP contribution < -0.4 is 5.32 Å². The molecule has 1 rings (SSSR count). The Morgan fingerprint density at radius 2 is 1.91 bits per heavy atom. The first-order valence-electron chi connectivity index (χ1n) is 8.09. The van der Waals surface area contributed by atoms with E-state index in [4.69, 9.17) is 16.3 Å². The fourth-order valence-corrected chi connectivity index (χ4v) is 2.27. The predicted octanol–water partition coefficient (Wildman–Crippen LogP) is 4.12. The number of carbonyl (C=O) groups is 1. The average Bonchev–Trinajstić information content (AvgIpc) is 2.44. The molecule has 1 aromatic carbocycles. The lowest BCUT2D eigenvalue weighted by Gasteiger charge is -2.24. The Morgan fingerprint density at radius 1 is 1.30 bits per heavy atom. The molecule has 0 aliphatic heterocycles. The lowest BCUT2D eigenvalue weighted by molar-refractivity contribution is 0.0297. The quantitative estimate of drug-likeness (QED) is 0.759. The number of halogens is 1. The second-order valence-corrected chi connectivity index (χ2v) is 7.38. The lowest BCUT2D eigenvalue weighted by atomic mass is 10.1. The molecule has 0 bridgehead atoms. The number of nitrogens with zero attached hydrogens (tertiary/aromatic N) is 1. The molecule has 0 spiro atoms. The first-order valence-corrected chi connectivity index (χ1v) is 8.47. The number of benzene rings is 1. The fourth-order valence-electron chi connectivity index (χ4n) is 2.14. The second-order valence-electron chi connectivity index (χ2n) is 6.94. The van der Waals surface area contributed by atoms with Gasteiger partial charge in [-0.25, -0.2) is 4.79 Å². The molecule has 1 aromatic rings. The van der Waals surface area contributed by atoms with Crippen LogP contribution in [0.15, 0.2) is 24.3 Å². The van der Waals surface area contributed by atoms with Crippen LogP contribution in [-0.2, 0) is 11.2 Å². The SMILES string of the molecule is CC(Cc1ccc(Cl)cc1)NCCCN(C)C(=O)OC(C)(C)C. The third kappa shape index (κ3) is 8.82. The van der Waals surface area contributed by atoms with E-state index in [0.29, 0.717) is 12.6 Å². The molecular weight excluding hydrogens is 312 g/mol. The van der Waals surface area contributed by atoms with Crippen molar-refractivity contribution in [3.05, 3.63) is 34.9 Å². The third-order valence-electron chi connectivity index (χ3n) is 3.32. The minimum Gasteiger partial charge on any atom is -0.444 e. The molecule has 0 fully saturated rings. The second kappa shape index (κ2) is 9.14. The van der Waals surface area contributed by atoms with E-state index in [9.17, 15) is 4.79 Å². The van der Waals surface area contributed by atoms with Crippen molar-refractivity contribution in [3.63, 3.8) is 0 Å². The summed E-state index contributed by atoms with van der Waals surface area (Å²) in [5.41, 5.74) is 0.816. The zero-order valence-electron chi connectivity index (χ0n) is 14.9. The van der Waals surface area contributed by atoms with Gasteiger partial charge in [0.2, 0.25) is 0 Å². The summed E-state index contributed by atoms with van der Waals surface area (Å²) in [6.07, 6.45) is 1.58. The van der Waals surface area contributed by atoms with E-state index in [1.165, 1.54) is 5.56 Å². The molecule has 1 unspecified atom stereocenters. The fraction of sp³-hybridized carbons (Fsp3) is 0.611. The van der Waals surface area contributed by atoms with Gasteiger partial charge in [0, 0.05) is 24.7 Å². The monoisotopic (exact) mass is 340 g/mol. The first kappa shape index (κ1) is 19.8. The third-order valence-corrected chi connectivity index (χ3v) is 3.58. The summed E-state index contributed by atoms with van der Waals surface area (Å²) in [7, 11) is 1.77. The Morgan fingerprint density at radius 3 is 2.48 bits per heavy atom. The van der Waals surface area contributed by atoms with Crippen molar-refractivity contribution in [2.75, 3.05) is 20.1 Å². The summed E-state index contributed by atoms with van der Waals surface area (Å²) in [6.45, 7) is 9.32. The summed E-state index contributed by atoms with van der Waals surface area (Å²) in [4.78, 5) is 13.4. The van der Waals surface area contributed by atoms with Crippen LogP contribution in [0.2, 0.25) is 5.02 Å². The van der Waals surface area contributed by atoms with Crippen molar-refractivity contribution in [1.29, 1.82) is 0 Å². The largest absolute Gasteiger partial charge is 0.444 e. The summed E-state index contributed by atoms with van der Waals surface area (Å²) >= 11 is 5.89. The number of hydrogen-bond acceptors (Lipinski definition) is 3. The Balaban J connectivity index is 2.21. The molecule has 0 heterocycles. The number of hydrogen-bond donors (Lipinski definition) is 1. The molecule has 130 valence electrons. The molecule has 0 aliphatic carbocycles. The van der Waals surface area contributed by atoms with Gasteiger partial charge < -0.3 is 15.0 Å². The van der Waals surface area contributed by atoms with Gasteiger partial charge in [-0.15, -0.1) is 0 Å². The van der Waals surface area contributed by atoms with Crippen LogP contribution in [0.4, 0.5) is 4.79 Å². The van der Waals surface area contributed by atoms with Gasteiger partial charge in [0.25, 0.3) is 0 Å². The van der Waals surface area contributed by atoms with E-state index in [1.54, 1.807) is 11.9 Å². The van der Waals surface area contributed by atoms with Gasteiger partial charge in [-0.3, -0.25) is 0 Å². The normalized spacial score (nSPS) is 12.8. The van der Waals surface area contributed by atoms with Crippen LogP contribution >= 0.6 is 11.6 Å². The highest BCUT2D eigenvalue weighted by Gasteiger charge is 2.19. The molecule has 0 aromatic heterocycles. The highest BCUT2D eigenvalue weighted by molar-refractivity contribution is 6.30. The standard InChI is InChI=1S/C18H29ClN2O2/c1-14(13-15-7-9-16(19)10-8-15)20-11-6-12-21(5)17(22)23-18(2,3)4/h7-10,14,20H,6,11-13H2,1-5H3. The smallest absolute Gasteiger partial charge is 0.410 e. The van der Waals surface area contributed by atoms with E-state index in [0.717, 1.165) is 24.4 Å². The van der Waals surface area contributed by atoms with Crippen LogP contribution in [0.1, 0.15) is 39.7 Å². The first-order chi connectivity index (χ1) is 10.7. The molecule has 23 heavy (non-hydrogen) atoms. The summed E-state index contributed by atoms with van der Waals surface area (Å²) in [6, 6.07) is 8.31. The van der Waals surface area contributed by atoms with E-state index in [1.807, 2.05) is 32.9 Å². The van der Waals surface area contributed by atoms with Crippen molar-refractivity contribution >= 4 is 17.7 Å². The molecular formula is C18H29ClN2O2. The van der Waals surface area contributed by atoms with E-state index in [-0.39, 0.29) is 6.09 Å². The van der Waals surface area contributed by atoms with Crippen LogP contribution in [0, 0.1) is 0 Å². The molecule has 1 atom stereocenters. The summed E-state index contributed by atoms with van der Waals surface area (Å²) in [5, 5.41) is 4.24. The highest BCUT2D eigenvalue weighted by atomic mass is 35.5. The van der Waals surface area contributed by atoms with Crippen molar-refractivity contribution < 1.29 is 9.53 Å². The average molecular weight is 341 g/mol. The maximum absolute atomic E-state index is 11.8. The maximum atomic E-state index is 11.8. The van der Waals surface area contributed by atoms with Crippen LogP contribution in [0.25, 0.3) is 0 Å². The zero-order valence-corrected chi connectivity index (χ0v) is 15.6. The van der Waals surface area contributed by atoms with Gasteiger partial charge in [-0.1, -0.05) is 23.7 Å². The number of amides is 1. The minimum atomic E-state index is -0.448. The number of nitrogens with one attached hydrogen (secondary N) is 1. The van der Waals surface area contributed by atoms with Gasteiger partial charge in [0.05, 0.1) is 0 Å². The Hall–Kier alpha value is -1.26. The van der Waals surface area contributed by atoms with Gasteiger partial charge in [0.1, 0.15) is 5.60 Å².